The van der Waals surface area contributed by atoms with E-state index in [4.69, 9.17) is 14.3 Å². The average molecular weight is 651 g/mol. The van der Waals surface area contributed by atoms with Crippen LogP contribution in [0.3, 0.4) is 0 Å². The molecule has 3 rings (SSSR count). The van der Waals surface area contributed by atoms with Crippen LogP contribution in [-0.2, 0) is 23.8 Å². The largest absolute Gasteiger partial charge is 0.465 e. The number of aromatic nitrogens is 2. The minimum Gasteiger partial charge on any atom is -0.465 e. The zero-order chi connectivity index (χ0) is 34.8. The number of aliphatic hydroxyl groups is 2. The van der Waals surface area contributed by atoms with Crippen LogP contribution in [0.15, 0.2) is 36.9 Å². The number of hydroxylamine groups is 4. The first-order chi connectivity index (χ1) is 21.4. The van der Waals surface area contributed by atoms with E-state index in [1.54, 1.807) is 47.6 Å². The van der Waals surface area contributed by atoms with E-state index in [1.165, 1.54) is 45.1 Å². The molecule has 2 aromatic heterocycles. The van der Waals surface area contributed by atoms with Gasteiger partial charge in [-0.2, -0.15) is 10.1 Å². The molecule has 16 nitrogen and oxygen atoms in total. The number of rotatable bonds is 7. The number of aliphatic hydroxyl groups excluding tert-OH is 2. The summed E-state index contributed by atoms with van der Waals surface area (Å²) in [6.45, 7) is 9.90. The fourth-order valence-corrected chi connectivity index (χ4v) is 4.01. The van der Waals surface area contributed by atoms with Gasteiger partial charge in [0.25, 0.3) is 0 Å². The van der Waals surface area contributed by atoms with Crippen LogP contribution in [0.4, 0.5) is 9.59 Å². The summed E-state index contributed by atoms with van der Waals surface area (Å²) in [7, 11) is 2.50. The summed E-state index contributed by atoms with van der Waals surface area (Å²) < 4.78 is 19.6. The molecule has 0 aliphatic carbocycles. The maximum atomic E-state index is 12.2. The molecular weight excluding hydrogens is 608 g/mol. The molecule has 46 heavy (non-hydrogen) atoms. The minimum absolute atomic E-state index is 0.0437. The maximum Gasteiger partial charge on any atom is 0.435 e. The smallest absolute Gasteiger partial charge is 0.435 e. The second-order valence-electron chi connectivity index (χ2n) is 12.0. The Balaban J connectivity index is 0.000000320. The highest BCUT2D eigenvalue weighted by atomic mass is 16.8. The Bertz CT molecular complexity index is 1300. The number of nitrogens with zero attached hydrogens (tertiary/aromatic N) is 4. The van der Waals surface area contributed by atoms with Gasteiger partial charge in [-0.05, 0) is 71.2 Å². The number of pyridine rings is 2. The number of amides is 2. The van der Waals surface area contributed by atoms with Crippen molar-refractivity contribution in [3.05, 3.63) is 59.2 Å². The summed E-state index contributed by atoms with van der Waals surface area (Å²) in [6, 6.07) is 1.46. The van der Waals surface area contributed by atoms with Gasteiger partial charge >= 0.3 is 24.1 Å². The highest BCUT2D eigenvalue weighted by molar-refractivity contribution is 5.89. The number of carbonyl (C=O) groups is 4. The molecule has 3 atom stereocenters. The predicted octanol–water partition coefficient (Wildman–Crippen LogP) is 3.72. The fourth-order valence-electron chi connectivity index (χ4n) is 4.01. The van der Waals surface area contributed by atoms with Crippen molar-refractivity contribution in [2.75, 3.05) is 20.8 Å². The summed E-state index contributed by atoms with van der Waals surface area (Å²) in [5, 5.41) is 30.4. The topological polar surface area (TPSA) is 207 Å². The van der Waals surface area contributed by atoms with E-state index in [0.29, 0.717) is 16.2 Å². The number of carbonyl (C=O) groups excluding carboxylic acids is 4. The third-order valence-corrected chi connectivity index (χ3v) is 5.93. The summed E-state index contributed by atoms with van der Waals surface area (Å²) in [6.07, 6.45) is 2.92. The lowest BCUT2D eigenvalue weighted by atomic mass is 10.0. The van der Waals surface area contributed by atoms with Gasteiger partial charge in [0, 0.05) is 37.8 Å². The first kappa shape index (κ1) is 37.8. The molecule has 3 N–H and O–H groups in total. The van der Waals surface area contributed by atoms with E-state index >= 15 is 0 Å². The monoisotopic (exact) mass is 650 g/mol. The molecule has 0 saturated carbocycles. The van der Waals surface area contributed by atoms with Crippen LogP contribution in [0, 0.1) is 0 Å². The lowest BCUT2D eigenvalue weighted by Crippen LogP contribution is -2.37. The van der Waals surface area contributed by atoms with Gasteiger partial charge in [-0.15, -0.1) is 0 Å². The molecule has 2 amide bonds. The molecule has 0 spiro atoms. The number of hydrogen-bond donors (Lipinski definition) is 3. The van der Waals surface area contributed by atoms with Gasteiger partial charge in [-0.3, -0.25) is 15.2 Å². The van der Waals surface area contributed by atoms with E-state index in [0.717, 1.165) is 5.06 Å². The summed E-state index contributed by atoms with van der Waals surface area (Å²) >= 11 is 0. The van der Waals surface area contributed by atoms with Gasteiger partial charge in [0.2, 0.25) is 0 Å². The lowest BCUT2D eigenvalue weighted by molar-refractivity contribution is -0.207. The Morgan fingerprint density at radius 3 is 2.00 bits per heavy atom. The Morgan fingerprint density at radius 2 is 1.48 bits per heavy atom. The molecular formula is C30H42N4O12. The first-order valence-corrected chi connectivity index (χ1v) is 14.2. The van der Waals surface area contributed by atoms with Crippen molar-refractivity contribution in [2.24, 2.45) is 0 Å². The minimum atomic E-state index is -1.14. The van der Waals surface area contributed by atoms with Crippen LogP contribution in [0.5, 0.6) is 0 Å². The highest BCUT2D eigenvalue weighted by Gasteiger charge is 2.40. The molecule has 3 unspecified atom stereocenters. The molecule has 1 aliphatic heterocycles. The molecule has 1 saturated heterocycles. The van der Waals surface area contributed by atoms with Crippen molar-refractivity contribution in [2.45, 2.75) is 84.0 Å². The SMILES string of the molecule is COC(=O)c1cncc(C(CCO)N(O)C(=O)OC(C)(C)C)c1.COC(=O)c1cncc(C2CC(O)ON2C(=O)OC(C)(C)C)c1. The van der Waals surface area contributed by atoms with E-state index in [-0.39, 0.29) is 30.6 Å². The Kier molecular flexibility index (Phi) is 13.4. The average Bonchev–Trinajstić information content (AvgIpc) is 3.39. The molecule has 1 fully saturated rings. The predicted molar refractivity (Wildman–Crippen MR) is 158 cm³/mol. The standard InChI is InChI=1S/C15H20N2O6.C15H22N2O6/c1-15(2,3)22-14(20)17-11(6-12(18)23-17)9-5-10(8-16-7-9)13(19)21-4;1-15(2,3)23-14(20)17(21)12(5-6-18)10-7-11(9-16-8-10)13(19)22-4/h5,7-8,11-12,18H,6H2,1-4H3;7-9,12,18,21H,5-6H2,1-4H3. The fraction of sp³-hybridized carbons (Fsp3) is 0.533. The van der Waals surface area contributed by atoms with E-state index < -0.39 is 53.7 Å². The number of methoxy groups -OCH3 is 2. The van der Waals surface area contributed by atoms with Gasteiger partial charge < -0.3 is 29.2 Å². The van der Waals surface area contributed by atoms with Gasteiger partial charge in [0.05, 0.1) is 37.4 Å². The van der Waals surface area contributed by atoms with Crippen LogP contribution in [-0.4, -0.2) is 98.0 Å². The zero-order valence-corrected chi connectivity index (χ0v) is 27.1. The number of esters is 2. The van der Waals surface area contributed by atoms with Gasteiger partial charge in [-0.25, -0.2) is 24.0 Å². The lowest BCUT2D eigenvalue weighted by Gasteiger charge is -2.28. The highest BCUT2D eigenvalue weighted by Crippen LogP contribution is 2.34. The van der Waals surface area contributed by atoms with E-state index in [1.807, 2.05) is 0 Å². The Morgan fingerprint density at radius 1 is 0.935 bits per heavy atom. The Labute approximate surface area is 266 Å². The Hall–Kier alpha value is -4.38. The van der Waals surface area contributed by atoms with Crippen molar-refractivity contribution < 1.29 is 58.4 Å². The molecule has 0 radical (unpaired) electrons. The molecule has 0 aromatic carbocycles. The van der Waals surface area contributed by atoms with Crippen LogP contribution >= 0.6 is 0 Å². The quantitative estimate of drug-likeness (QED) is 0.169. The van der Waals surface area contributed by atoms with Crippen molar-refractivity contribution in [3.8, 4) is 0 Å². The normalized spacial score (nSPS) is 16.8. The van der Waals surface area contributed by atoms with Crippen molar-refractivity contribution >= 4 is 24.1 Å². The maximum absolute atomic E-state index is 12.2. The third kappa shape index (κ3) is 11.2. The molecule has 3 heterocycles. The zero-order valence-electron chi connectivity index (χ0n) is 27.1. The van der Waals surface area contributed by atoms with Crippen LogP contribution < -0.4 is 0 Å². The van der Waals surface area contributed by atoms with Crippen molar-refractivity contribution in [1.82, 2.24) is 20.1 Å². The van der Waals surface area contributed by atoms with Crippen LogP contribution in [0.2, 0.25) is 0 Å². The molecule has 16 heteroatoms. The van der Waals surface area contributed by atoms with Crippen LogP contribution in [0.1, 0.15) is 98.3 Å². The number of hydrogen-bond acceptors (Lipinski definition) is 14. The second kappa shape index (κ2) is 16.3. The van der Waals surface area contributed by atoms with Gasteiger partial charge in [0.1, 0.15) is 11.2 Å². The van der Waals surface area contributed by atoms with E-state index in [2.05, 4.69) is 19.4 Å². The third-order valence-electron chi connectivity index (χ3n) is 5.93. The summed E-state index contributed by atoms with van der Waals surface area (Å²) in [5.74, 6) is -1.13. The van der Waals surface area contributed by atoms with Gasteiger partial charge in [0.15, 0.2) is 6.29 Å². The second-order valence-corrected chi connectivity index (χ2v) is 12.0. The van der Waals surface area contributed by atoms with Gasteiger partial charge in [-0.1, -0.05) is 0 Å². The van der Waals surface area contributed by atoms with Crippen molar-refractivity contribution in [1.29, 1.82) is 0 Å². The number of ether oxygens (including phenoxy) is 4. The molecule has 2 aromatic rings. The van der Waals surface area contributed by atoms with Crippen LogP contribution in [0.25, 0.3) is 0 Å². The first-order valence-electron chi connectivity index (χ1n) is 14.2. The molecule has 254 valence electrons. The summed E-state index contributed by atoms with van der Waals surface area (Å²) in [4.78, 5) is 60.4. The van der Waals surface area contributed by atoms with E-state index in [9.17, 15) is 34.6 Å². The van der Waals surface area contributed by atoms with Crippen molar-refractivity contribution in [3.63, 3.8) is 0 Å². The molecule has 1 aliphatic rings. The molecule has 0 bridgehead atoms. The summed E-state index contributed by atoms with van der Waals surface area (Å²) in [5.41, 5.74) is -0.162.